The van der Waals surface area contributed by atoms with Crippen LogP contribution in [0.15, 0.2) is 24.5 Å². The van der Waals surface area contributed by atoms with Gasteiger partial charge in [0, 0.05) is 25.0 Å². The molecule has 1 saturated heterocycles. The Kier molecular flexibility index (Phi) is 4.53. The van der Waals surface area contributed by atoms with Crippen molar-refractivity contribution < 1.29 is 4.79 Å². The summed E-state index contributed by atoms with van der Waals surface area (Å²) in [7, 11) is 0. The summed E-state index contributed by atoms with van der Waals surface area (Å²) in [5.74, 6) is 0.219. The van der Waals surface area contributed by atoms with Crippen LogP contribution in [0.3, 0.4) is 0 Å². The Morgan fingerprint density at radius 3 is 2.84 bits per heavy atom. The standard InChI is InChI=1S/C15H23N3O/c1-11(2)17-14-7-5-9-18(15(14)19)12(3)13-6-4-8-16-10-13/h4,6,8,10-12,14,17H,5,7,9H2,1-3H3. The highest BCUT2D eigenvalue weighted by Crippen LogP contribution is 2.24. The lowest BCUT2D eigenvalue weighted by Gasteiger charge is -2.37. The topological polar surface area (TPSA) is 45.2 Å². The lowest BCUT2D eigenvalue weighted by atomic mass is 10.00. The Morgan fingerprint density at radius 1 is 1.42 bits per heavy atom. The number of rotatable bonds is 4. The fourth-order valence-corrected chi connectivity index (χ4v) is 2.64. The predicted molar refractivity (Wildman–Crippen MR) is 75.7 cm³/mol. The van der Waals surface area contributed by atoms with E-state index in [0.717, 1.165) is 24.9 Å². The Labute approximate surface area is 115 Å². The number of carbonyl (C=O) groups excluding carboxylic acids is 1. The highest BCUT2D eigenvalue weighted by molar-refractivity contribution is 5.83. The number of amides is 1. The zero-order chi connectivity index (χ0) is 13.8. The van der Waals surface area contributed by atoms with E-state index in [0.29, 0.717) is 6.04 Å². The summed E-state index contributed by atoms with van der Waals surface area (Å²) in [6.07, 6.45) is 5.60. The predicted octanol–water partition coefficient (Wildman–Crippen LogP) is 2.13. The summed E-state index contributed by atoms with van der Waals surface area (Å²) >= 11 is 0. The van der Waals surface area contributed by atoms with E-state index in [9.17, 15) is 4.79 Å². The second kappa shape index (κ2) is 6.15. The first kappa shape index (κ1) is 14.0. The van der Waals surface area contributed by atoms with Gasteiger partial charge in [0.25, 0.3) is 0 Å². The minimum Gasteiger partial charge on any atom is -0.335 e. The summed E-state index contributed by atoms with van der Waals surface area (Å²) in [5, 5.41) is 3.36. The van der Waals surface area contributed by atoms with Crippen molar-refractivity contribution in [3.63, 3.8) is 0 Å². The van der Waals surface area contributed by atoms with Gasteiger partial charge in [0.1, 0.15) is 0 Å². The molecule has 0 aliphatic carbocycles. The van der Waals surface area contributed by atoms with Crippen LogP contribution in [0.4, 0.5) is 0 Å². The first-order valence-electron chi connectivity index (χ1n) is 7.06. The highest BCUT2D eigenvalue weighted by atomic mass is 16.2. The summed E-state index contributed by atoms with van der Waals surface area (Å²) in [6, 6.07) is 4.35. The SMILES string of the molecule is CC(C)NC1CCCN(C(C)c2cccnc2)C1=O. The maximum atomic E-state index is 12.5. The molecule has 19 heavy (non-hydrogen) atoms. The van der Waals surface area contributed by atoms with Crippen LogP contribution in [0, 0.1) is 0 Å². The van der Waals surface area contributed by atoms with Crippen molar-refractivity contribution in [3.05, 3.63) is 30.1 Å². The van der Waals surface area contributed by atoms with Crippen molar-refractivity contribution in [2.75, 3.05) is 6.54 Å². The molecule has 1 amide bonds. The molecular formula is C15H23N3O. The largest absolute Gasteiger partial charge is 0.335 e. The molecular weight excluding hydrogens is 238 g/mol. The number of aromatic nitrogens is 1. The first-order chi connectivity index (χ1) is 9.09. The number of nitrogens with zero attached hydrogens (tertiary/aromatic N) is 2. The van der Waals surface area contributed by atoms with Gasteiger partial charge in [0.2, 0.25) is 5.91 Å². The van der Waals surface area contributed by atoms with Crippen molar-refractivity contribution in [2.45, 2.75) is 51.7 Å². The summed E-state index contributed by atoms with van der Waals surface area (Å²) in [5.41, 5.74) is 1.10. The van der Waals surface area contributed by atoms with Crippen molar-refractivity contribution in [1.29, 1.82) is 0 Å². The van der Waals surface area contributed by atoms with Crippen LogP contribution >= 0.6 is 0 Å². The molecule has 1 aliphatic heterocycles. The molecule has 1 fully saturated rings. The molecule has 2 unspecified atom stereocenters. The normalized spacial score (nSPS) is 21.8. The molecule has 0 aromatic carbocycles. The summed E-state index contributed by atoms with van der Waals surface area (Å²) in [4.78, 5) is 18.6. The van der Waals surface area contributed by atoms with Gasteiger partial charge >= 0.3 is 0 Å². The first-order valence-corrected chi connectivity index (χ1v) is 7.06. The molecule has 1 N–H and O–H groups in total. The maximum absolute atomic E-state index is 12.5. The van der Waals surface area contributed by atoms with Crippen molar-refractivity contribution in [1.82, 2.24) is 15.2 Å². The zero-order valence-electron chi connectivity index (χ0n) is 12.0. The summed E-state index contributed by atoms with van der Waals surface area (Å²) in [6.45, 7) is 7.07. The number of nitrogens with one attached hydrogen (secondary N) is 1. The van der Waals surface area contributed by atoms with Gasteiger partial charge in [0.05, 0.1) is 12.1 Å². The highest BCUT2D eigenvalue weighted by Gasteiger charge is 2.32. The van der Waals surface area contributed by atoms with Crippen molar-refractivity contribution in [3.8, 4) is 0 Å². The second-order valence-corrected chi connectivity index (χ2v) is 5.51. The van der Waals surface area contributed by atoms with Crippen molar-refractivity contribution in [2.24, 2.45) is 0 Å². The molecule has 0 spiro atoms. The maximum Gasteiger partial charge on any atom is 0.240 e. The molecule has 0 saturated carbocycles. The molecule has 1 aromatic rings. The number of piperidine rings is 1. The van der Waals surface area contributed by atoms with Crippen LogP contribution in [0.25, 0.3) is 0 Å². The minimum absolute atomic E-state index is 0.0344. The van der Waals surface area contributed by atoms with Crippen molar-refractivity contribution >= 4 is 5.91 Å². The van der Waals surface area contributed by atoms with E-state index in [1.54, 1.807) is 6.20 Å². The van der Waals surface area contributed by atoms with E-state index in [1.807, 2.05) is 23.2 Å². The van der Waals surface area contributed by atoms with E-state index in [2.05, 4.69) is 31.1 Å². The number of hydrogen-bond acceptors (Lipinski definition) is 3. The number of pyridine rings is 1. The van der Waals surface area contributed by atoms with E-state index in [1.165, 1.54) is 0 Å². The van der Waals surface area contributed by atoms with Gasteiger partial charge in [-0.2, -0.15) is 0 Å². The molecule has 104 valence electrons. The second-order valence-electron chi connectivity index (χ2n) is 5.51. The van der Waals surface area contributed by atoms with Crippen LogP contribution in [-0.4, -0.2) is 34.4 Å². The van der Waals surface area contributed by atoms with Crippen LogP contribution in [0.1, 0.15) is 45.2 Å². The van der Waals surface area contributed by atoms with E-state index < -0.39 is 0 Å². The molecule has 4 heteroatoms. The van der Waals surface area contributed by atoms with Gasteiger partial charge in [-0.25, -0.2) is 0 Å². The zero-order valence-corrected chi connectivity index (χ0v) is 12.0. The van der Waals surface area contributed by atoms with Crippen LogP contribution in [0.2, 0.25) is 0 Å². The molecule has 1 aliphatic rings. The molecule has 2 rings (SSSR count). The molecule has 0 radical (unpaired) electrons. The Balaban J connectivity index is 2.09. The monoisotopic (exact) mass is 261 g/mol. The van der Waals surface area contributed by atoms with Crippen LogP contribution in [0.5, 0.6) is 0 Å². The lowest BCUT2D eigenvalue weighted by Crippen LogP contribution is -2.52. The third-order valence-corrected chi connectivity index (χ3v) is 3.64. The molecule has 0 bridgehead atoms. The van der Waals surface area contributed by atoms with Gasteiger partial charge in [-0.15, -0.1) is 0 Å². The number of carbonyl (C=O) groups is 1. The lowest BCUT2D eigenvalue weighted by molar-refractivity contribution is -0.138. The van der Waals surface area contributed by atoms with E-state index in [4.69, 9.17) is 0 Å². The Bertz CT molecular complexity index is 419. The Hall–Kier alpha value is -1.42. The van der Waals surface area contributed by atoms with Gasteiger partial charge in [-0.1, -0.05) is 19.9 Å². The minimum atomic E-state index is -0.0344. The van der Waals surface area contributed by atoms with Gasteiger partial charge in [-0.3, -0.25) is 9.78 Å². The fourth-order valence-electron chi connectivity index (χ4n) is 2.64. The smallest absolute Gasteiger partial charge is 0.240 e. The molecule has 2 atom stereocenters. The average molecular weight is 261 g/mol. The molecule has 4 nitrogen and oxygen atoms in total. The summed E-state index contributed by atoms with van der Waals surface area (Å²) < 4.78 is 0. The van der Waals surface area contributed by atoms with E-state index >= 15 is 0 Å². The van der Waals surface area contributed by atoms with E-state index in [-0.39, 0.29) is 18.0 Å². The van der Waals surface area contributed by atoms with Gasteiger partial charge in [-0.05, 0) is 31.4 Å². The number of likely N-dealkylation sites (tertiary alicyclic amines) is 1. The average Bonchev–Trinajstić information content (AvgIpc) is 2.41. The molecule has 2 heterocycles. The van der Waals surface area contributed by atoms with Crippen LogP contribution in [-0.2, 0) is 4.79 Å². The quantitative estimate of drug-likeness (QED) is 0.903. The number of hydrogen-bond donors (Lipinski definition) is 1. The fraction of sp³-hybridized carbons (Fsp3) is 0.600. The third kappa shape index (κ3) is 3.32. The molecule has 1 aromatic heterocycles. The van der Waals surface area contributed by atoms with Crippen LogP contribution < -0.4 is 5.32 Å². The Morgan fingerprint density at radius 2 is 2.21 bits per heavy atom. The van der Waals surface area contributed by atoms with Gasteiger partial charge in [0.15, 0.2) is 0 Å². The van der Waals surface area contributed by atoms with Gasteiger partial charge < -0.3 is 10.2 Å². The third-order valence-electron chi connectivity index (χ3n) is 3.64.